The van der Waals surface area contributed by atoms with E-state index in [1.807, 2.05) is 18.2 Å². The van der Waals surface area contributed by atoms with Gasteiger partial charge in [0, 0.05) is 18.2 Å². The van der Waals surface area contributed by atoms with Gasteiger partial charge in [0.15, 0.2) is 0 Å². The molecule has 0 bridgehead atoms. The fourth-order valence-electron chi connectivity index (χ4n) is 4.04. The van der Waals surface area contributed by atoms with Crippen LogP contribution in [-0.4, -0.2) is 53.8 Å². The van der Waals surface area contributed by atoms with E-state index in [1.165, 1.54) is 4.90 Å². The molecule has 2 aromatic carbocycles. The number of benzene rings is 2. The Balaban J connectivity index is 1.69. The second kappa shape index (κ2) is 12.5. The van der Waals surface area contributed by atoms with E-state index in [0.717, 1.165) is 0 Å². The first-order chi connectivity index (χ1) is 17.5. The lowest BCUT2D eigenvalue weighted by Gasteiger charge is -2.28. The minimum absolute atomic E-state index is 0.00746. The summed E-state index contributed by atoms with van der Waals surface area (Å²) in [6.07, 6.45) is -0.869. The maximum Gasteiger partial charge on any atom is 0.410 e. The summed E-state index contributed by atoms with van der Waals surface area (Å²) in [4.78, 5) is 39.3. The van der Waals surface area contributed by atoms with Gasteiger partial charge < -0.3 is 24.4 Å². The van der Waals surface area contributed by atoms with Crippen molar-refractivity contribution in [2.75, 3.05) is 18.5 Å². The van der Waals surface area contributed by atoms with E-state index >= 15 is 0 Å². The number of para-hydroxylation sites is 2. The van der Waals surface area contributed by atoms with Crippen molar-refractivity contribution in [2.24, 2.45) is 0 Å². The second-order valence-electron chi connectivity index (χ2n) is 9.70. The average molecular weight is 551 g/mol. The topological polar surface area (TPSA) is 94.2 Å². The van der Waals surface area contributed by atoms with Crippen LogP contribution in [-0.2, 0) is 30.2 Å². The summed E-state index contributed by atoms with van der Waals surface area (Å²) in [5.41, 5.74) is 1.18. The smallest absolute Gasteiger partial charge is 0.410 e. The van der Waals surface area contributed by atoms with Gasteiger partial charge in [-0.25, -0.2) is 4.79 Å². The van der Waals surface area contributed by atoms with Crippen molar-refractivity contribution in [1.29, 1.82) is 0 Å². The van der Waals surface area contributed by atoms with Gasteiger partial charge in [-0.05, 0) is 51.5 Å². The third-order valence-corrected chi connectivity index (χ3v) is 6.21. The summed E-state index contributed by atoms with van der Waals surface area (Å²) >= 11 is 12.6. The summed E-state index contributed by atoms with van der Waals surface area (Å²) in [5, 5.41) is 4.10. The van der Waals surface area contributed by atoms with Gasteiger partial charge in [-0.1, -0.05) is 47.5 Å². The van der Waals surface area contributed by atoms with Gasteiger partial charge in [-0.3, -0.25) is 9.59 Å². The molecule has 10 heteroatoms. The number of anilines is 2. The molecule has 1 aliphatic heterocycles. The Hall–Kier alpha value is -2.97. The average Bonchev–Trinajstić information content (AvgIpc) is 3.18. The number of esters is 2. The summed E-state index contributed by atoms with van der Waals surface area (Å²) in [5.74, 6) is -0.892. The maximum absolute atomic E-state index is 12.9. The highest BCUT2D eigenvalue weighted by molar-refractivity contribution is 6.39. The van der Waals surface area contributed by atoms with E-state index < -0.39 is 35.8 Å². The van der Waals surface area contributed by atoms with E-state index in [1.54, 1.807) is 52.0 Å². The lowest BCUT2D eigenvalue weighted by atomic mass is 10.1. The van der Waals surface area contributed by atoms with Crippen molar-refractivity contribution in [3.05, 3.63) is 58.1 Å². The van der Waals surface area contributed by atoms with Crippen LogP contribution in [0.2, 0.25) is 10.0 Å². The standard InChI is InChI=1S/C27H32Cl2N2O6/c1-5-35-23(32)15-18-14-19(16-31(18)26(34)37-27(2,3)4)36-24(33)13-17-9-6-7-12-22(17)30-25-20(28)10-8-11-21(25)29/h6-12,18-19,30H,5,13-16H2,1-4H3/t18-,19+/m0/s1. The lowest BCUT2D eigenvalue weighted by molar-refractivity contribution is -0.147. The molecule has 2 atom stereocenters. The molecule has 37 heavy (non-hydrogen) atoms. The molecule has 0 spiro atoms. The zero-order chi connectivity index (χ0) is 27.2. The number of nitrogens with one attached hydrogen (secondary N) is 1. The molecule has 0 aromatic heterocycles. The van der Waals surface area contributed by atoms with Crippen molar-refractivity contribution in [3.8, 4) is 0 Å². The van der Waals surface area contributed by atoms with Gasteiger partial charge in [-0.15, -0.1) is 0 Å². The molecule has 0 saturated carbocycles. The number of hydrogen-bond acceptors (Lipinski definition) is 7. The molecule has 8 nitrogen and oxygen atoms in total. The first kappa shape index (κ1) is 28.6. The minimum Gasteiger partial charge on any atom is -0.466 e. The third kappa shape index (κ3) is 8.27. The number of halogens is 2. The normalized spacial score (nSPS) is 17.3. The fraction of sp³-hybridized carbons (Fsp3) is 0.444. The first-order valence-electron chi connectivity index (χ1n) is 12.1. The molecular weight excluding hydrogens is 519 g/mol. The molecule has 1 amide bonds. The number of amides is 1. The maximum atomic E-state index is 12.9. The summed E-state index contributed by atoms with van der Waals surface area (Å²) in [7, 11) is 0. The van der Waals surface area contributed by atoms with Gasteiger partial charge >= 0.3 is 18.0 Å². The van der Waals surface area contributed by atoms with E-state index in [0.29, 0.717) is 33.4 Å². The summed E-state index contributed by atoms with van der Waals surface area (Å²) in [6, 6.07) is 12.0. The van der Waals surface area contributed by atoms with Crippen LogP contribution in [0.15, 0.2) is 42.5 Å². The molecule has 0 aliphatic carbocycles. The van der Waals surface area contributed by atoms with Gasteiger partial charge in [0.05, 0.1) is 41.7 Å². The van der Waals surface area contributed by atoms with Crippen molar-refractivity contribution >= 4 is 52.6 Å². The molecule has 1 saturated heterocycles. The predicted octanol–water partition coefficient (Wildman–Crippen LogP) is 6.15. The van der Waals surface area contributed by atoms with E-state index in [9.17, 15) is 14.4 Å². The van der Waals surface area contributed by atoms with Crippen LogP contribution in [0.25, 0.3) is 0 Å². The zero-order valence-corrected chi connectivity index (χ0v) is 22.9. The Kier molecular flexibility index (Phi) is 9.68. The van der Waals surface area contributed by atoms with Crippen molar-refractivity contribution < 1.29 is 28.6 Å². The lowest BCUT2D eigenvalue weighted by Crippen LogP contribution is -2.41. The van der Waals surface area contributed by atoms with Crippen molar-refractivity contribution in [3.63, 3.8) is 0 Å². The summed E-state index contributed by atoms with van der Waals surface area (Å²) in [6.45, 7) is 7.37. The monoisotopic (exact) mass is 550 g/mol. The Bertz CT molecular complexity index is 1110. The number of hydrogen-bond donors (Lipinski definition) is 1. The highest BCUT2D eigenvalue weighted by Crippen LogP contribution is 2.34. The molecule has 1 aliphatic rings. The molecule has 0 radical (unpaired) electrons. The quantitative estimate of drug-likeness (QED) is 0.311. The Morgan fingerprint density at radius 3 is 2.35 bits per heavy atom. The SMILES string of the molecule is CCOC(=O)C[C@@H]1C[C@@H](OC(=O)Cc2ccccc2Nc2c(Cl)cccc2Cl)CN1C(=O)OC(C)(C)C. The molecule has 200 valence electrons. The minimum atomic E-state index is -0.707. The molecule has 1 heterocycles. The van der Waals surface area contributed by atoms with E-state index in [4.69, 9.17) is 37.4 Å². The van der Waals surface area contributed by atoms with Gasteiger partial charge in [0.1, 0.15) is 11.7 Å². The summed E-state index contributed by atoms with van der Waals surface area (Å²) < 4.78 is 16.3. The number of rotatable bonds is 8. The van der Waals surface area contributed by atoms with E-state index in [2.05, 4.69) is 5.32 Å². The molecule has 2 aromatic rings. The highest BCUT2D eigenvalue weighted by atomic mass is 35.5. The van der Waals surface area contributed by atoms with Crippen LogP contribution in [0, 0.1) is 0 Å². The molecule has 3 rings (SSSR count). The van der Waals surface area contributed by atoms with Crippen molar-refractivity contribution in [1.82, 2.24) is 4.90 Å². The molecular formula is C27H32Cl2N2O6. The number of likely N-dealkylation sites (tertiary alicyclic amines) is 1. The first-order valence-corrected chi connectivity index (χ1v) is 12.9. The molecule has 1 N–H and O–H groups in total. The fourth-order valence-corrected chi connectivity index (χ4v) is 4.53. The highest BCUT2D eigenvalue weighted by Gasteiger charge is 2.40. The largest absolute Gasteiger partial charge is 0.466 e. The zero-order valence-electron chi connectivity index (χ0n) is 21.4. The van der Waals surface area contributed by atoms with Crippen LogP contribution >= 0.6 is 23.2 Å². The number of nitrogens with zero attached hydrogens (tertiary/aromatic N) is 1. The Labute approximate surface area is 227 Å². The molecule has 1 fully saturated rings. The van der Waals surface area contributed by atoms with Crippen LogP contribution < -0.4 is 5.32 Å². The Morgan fingerprint density at radius 1 is 1.03 bits per heavy atom. The van der Waals surface area contributed by atoms with Gasteiger partial charge in [0.2, 0.25) is 0 Å². The Morgan fingerprint density at radius 2 is 1.70 bits per heavy atom. The third-order valence-electron chi connectivity index (χ3n) is 5.58. The number of carbonyl (C=O) groups excluding carboxylic acids is 3. The van der Waals surface area contributed by atoms with Gasteiger partial charge in [-0.2, -0.15) is 0 Å². The van der Waals surface area contributed by atoms with Gasteiger partial charge in [0.25, 0.3) is 0 Å². The van der Waals surface area contributed by atoms with Crippen LogP contribution in [0.1, 0.15) is 46.1 Å². The van der Waals surface area contributed by atoms with Crippen LogP contribution in [0.3, 0.4) is 0 Å². The number of carbonyl (C=O) groups is 3. The number of ether oxygens (including phenoxy) is 3. The van der Waals surface area contributed by atoms with E-state index in [-0.39, 0.29) is 26.0 Å². The van der Waals surface area contributed by atoms with Crippen LogP contribution in [0.4, 0.5) is 16.2 Å². The van der Waals surface area contributed by atoms with Crippen molar-refractivity contribution in [2.45, 2.75) is 64.7 Å². The van der Waals surface area contributed by atoms with Crippen LogP contribution in [0.5, 0.6) is 0 Å². The molecule has 0 unspecified atom stereocenters. The predicted molar refractivity (Wildman–Crippen MR) is 142 cm³/mol. The second-order valence-corrected chi connectivity index (χ2v) is 10.5.